The monoisotopic (exact) mass is 508 g/mol. The van der Waals surface area contributed by atoms with E-state index in [1.165, 1.54) is 17.2 Å². The van der Waals surface area contributed by atoms with Crippen LogP contribution in [0.2, 0.25) is 0 Å². The van der Waals surface area contributed by atoms with Crippen LogP contribution in [0.15, 0.2) is 24.4 Å². The van der Waals surface area contributed by atoms with Gasteiger partial charge in [0, 0.05) is 37.8 Å². The zero-order valence-corrected chi connectivity index (χ0v) is 18.2. The van der Waals surface area contributed by atoms with E-state index >= 15 is 0 Å². The number of nitrogens with two attached hydrogens (primary N) is 1. The predicted octanol–water partition coefficient (Wildman–Crippen LogP) is 3.43. The fraction of sp³-hybridized carbons (Fsp3) is 0.350. The van der Waals surface area contributed by atoms with Crippen LogP contribution in [0.1, 0.15) is 23.5 Å². The van der Waals surface area contributed by atoms with Gasteiger partial charge in [-0.05, 0) is 24.1 Å². The lowest BCUT2D eigenvalue weighted by Crippen LogP contribution is -2.42. The molecule has 4 rings (SSSR count). The van der Waals surface area contributed by atoms with Gasteiger partial charge in [-0.3, -0.25) is 9.89 Å². The summed E-state index contributed by atoms with van der Waals surface area (Å²) in [5.74, 6) is -5.09. The fourth-order valence-corrected chi connectivity index (χ4v) is 3.83. The van der Waals surface area contributed by atoms with E-state index in [-0.39, 0.29) is 67.5 Å². The van der Waals surface area contributed by atoms with Gasteiger partial charge in [0.25, 0.3) is 0 Å². The molecule has 0 fully saturated rings. The Morgan fingerprint density at radius 3 is 2.50 bits per heavy atom. The second kappa shape index (κ2) is 9.66. The van der Waals surface area contributed by atoms with Gasteiger partial charge in [-0.1, -0.05) is 0 Å². The summed E-state index contributed by atoms with van der Waals surface area (Å²) in [6, 6.07) is 1.64. The number of imidazole rings is 1. The Bertz CT molecular complexity index is 1180. The van der Waals surface area contributed by atoms with Crippen molar-refractivity contribution in [2.45, 2.75) is 38.1 Å². The number of aromatic amines is 1. The Labute approximate surface area is 195 Å². The number of amides is 1. The van der Waals surface area contributed by atoms with E-state index in [1.54, 1.807) is 0 Å². The van der Waals surface area contributed by atoms with Crippen molar-refractivity contribution in [3.63, 3.8) is 0 Å². The molecule has 3 N–H and O–H groups in total. The highest BCUT2D eigenvalue weighted by molar-refractivity contribution is 5.85. The second-order valence-electron chi connectivity index (χ2n) is 7.69. The lowest BCUT2D eigenvalue weighted by molar-refractivity contribution is -0.148. The minimum atomic E-state index is -4.68. The van der Waals surface area contributed by atoms with Crippen molar-refractivity contribution in [2.75, 3.05) is 6.54 Å². The topological polar surface area (TPSA) is 92.8 Å². The molecule has 3 aromatic rings. The molecule has 1 aliphatic rings. The summed E-state index contributed by atoms with van der Waals surface area (Å²) in [5, 5.41) is 6.31. The Kier molecular flexibility index (Phi) is 7.26. The number of hydrogen-bond acceptors (Lipinski definition) is 4. The summed E-state index contributed by atoms with van der Waals surface area (Å²) in [7, 11) is 0. The summed E-state index contributed by atoms with van der Waals surface area (Å²) in [6.07, 6.45) is -3.80. The van der Waals surface area contributed by atoms with E-state index < -0.39 is 41.4 Å². The summed E-state index contributed by atoms with van der Waals surface area (Å²) in [4.78, 5) is 17.8. The van der Waals surface area contributed by atoms with Crippen LogP contribution in [0.25, 0.3) is 11.4 Å². The van der Waals surface area contributed by atoms with Gasteiger partial charge in [0.05, 0.1) is 17.9 Å². The lowest BCUT2D eigenvalue weighted by Gasteiger charge is -2.30. The third-order valence-electron chi connectivity index (χ3n) is 5.38. The number of nitrogens with one attached hydrogen (secondary N) is 1. The van der Waals surface area contributed by atoms with Gasteiger partial charge in [-0.15, -0.1) is 12.4 Å². The van der Waals surface area contributed by atoms with Crippen molar-refractivity contribution >= 4 is 18.3 Å². The van der Waals surface area contributed by atoms with Crippen LogP contribution in [0.3, 0.4) is 0 Å². The van der Waals surface area contributed by atoms with Crippen LogP contribution in [-0.4, -0.2) is 43.1 Å². The maximum absolute atomic E-state index is 13.9. The van der Waals surface area contributed by atoms with E-state index in [2.05, 4.69) is 15.2 Å². The number of alkyl halides is 3. The molecule has 34 heavy (non-hydrogen) atoms. The molecule has 0 saturated heterocycles. The summed E-state index contributed by atoms with van der Waals surface area (Å²) >= 11 is 0. The minimum Gasteiger partial charge on any atom is -0.335 e. The van der Waals surface area contributed by atoms with Crippen molar-refractivity contribution in [1.29, 1.82) is 0 Å². The van der Waals surface area contributed by atoms with Crippen LogP contribution >= 0.6 is 12.4 Å². The number of aromatic nitrogens is 4. The number of hydrogen-bond donors (Lipinski definition) is 2. The molecule has 1 amide bonds. The maximum Gasteiger partial charge on any atom is 0.449 e. The van der Waals surface area contributed by atoms with Crippen LogP contribution in [0, 0.1) is 17.5 Å². The quantitative estimate of drug-likeness (QED) is 0.408. The first-order valence-corrected chi connectivity index (χ1v) is 9.87. The predicted molar refractivity (Wildman–Crippen MR) is 110 cm³/mol. The molecule has 1 atom stereocenters. The van der Waals surface area contributed by atoms with Crippen molar-refractivity contribution < 1.29 is 31.1 Å². The molecule has 3 heterocycles. The Balaban J connectivity index is 0.00000324. The third-order valence-corrected chi connectivity index (χ3v) is 5.38. The summed E-state index contributed by atoms with van der Waals surface area (Å²) < 4.78 is 81.8. The number of benzene rings is 1. The molecule has 0 aliphatic carbocycles. The largest absolute Gasteiger partial charge is 0.449 e. The molecule has 0 unspecified atom stereocenters. The standard InChI is InChI=1S/C20H18F6N6O.ClH/c21-12-8-14(23)13(22)6-10(12)5-11(27)7-17(33)31-3-4-32-16(9-31)18(15-1-2-28-30-15)29-19(32)20(24,25)26;/h1-2,6,8,11H,3-5,7,9,27H2,(H,28,30);1H/t11-;/m1./s1. The highest BCUT2D eigenvalue weighted by Crippen LogP contribution is 2.35. The van der Waals surface area contributed by atoms with Gasteiger partial charge < -0.3 is 15.2 Å². The molecule has 2 aromatic heterocycles. The van der Waals surface area contributed by atoms with Gasteiger partial charge >= 0.3 is 6.18 Å². The third kappa shape index (κ3) is 5.04. The smallest absolute Gasteiger partial charge is 0.335 e. The van der Waals surface area contributed by atoms with Gasteiger partial charge in [0.15, 0.2) is 11.6 Å². The SMILES string of the molecule is Cl.N[C@@H](CC(=O)N1CCn2c(C(F)(F)F)nc(-c3ccn[nH]3)c2C1)Cc1cc(F)c(F)cc1F. The molecule has 0 spiro atoms. The van der Waals surface area contributed by atoms with Gasteiger partial charge in [-0.2, -0.15) is 18.3 Å². The van der Waals surface area contributed by atoms with Crippen molar-refractivity contribution in [2.24, 2.45) is 5.73 Å². The molecule has 0 saturated carbocycles. The van der Waals surface area contributed by atoms with Crippen molar-refractivity contribution in [1.82, 2.24) is 24.6 Å². The summed E-state index contributed by atoms with van der Waals surface area (Å²) in [6.45, 7) is -0.299. The van der Waals surface area contributed by atoms with Crippen LogP contribution in [0.5, 0.6) is 0 Å². The second-order valence-corrected chi connectivity index (χ2v) is 7.69. The van der Waals surface area contributed by atoms with E-state index in [9.17, 15) is 31.1 Å². The highest BCUT2D eigenvalue weighted by atomic mass is 35.5. The molecule has 0 bridgehead atoms. The minimum absolute atomic E-state index is 0. The van der Waals surface area contributed by atoms with Crippen LogP contribution in [0.4, 0.5) is 26.3 Å². The van der Waals surface area contributed by atoms with E-state index in [0.29, 0.717) is 12.1 Å². The van der Waals surface area contributed by atoms with Crippen molar-refractivity contribution in [3.8, 4) is 11.4 Å². The fourth-order valence-electron chi connectivity index (χ4n) is 3.83. The normalized spacial score (nSPS) is 14.5. The number of carbonyl (C=O) groups excluding carboxylic acids is 1. The maximum atomic E-state index is 13.9. The van der Waals surface area contributed by atoms with E-state index in [0.717, 1.165) is 4.57 Å². The molecule has 1 aliphatic heterocycles. The zero-order chi connectivity index (χ0) is 23.9. The van der Waals surface area contributed by atoms with E-state index in [4.69, 9.17) is 5.73 Å². The molecule has 1 aromatic carbocycles. The number of H-pyrrole nitrogens is 1. The first-order valence-electron chi connectivity index (χ1n) is 9.87. The molecule has 0 radical (unpaired) electrons. The number of nitrogens with zero attached hydrogens (tertiary/aromatic N) is 4. The Morgan fingerprint density at radius 1 is 1.15 bits per heavy atom. The summed E-state index contributed by atoms with van der Waals surface area (Å²) in [5.41, 5.74) is 6.24. The Hall–Kier alpha value is -3.06. The van der Waals surface area contributed by atoms with Gasteiger partial charge in [0.2, 0.25) is 11.7 Å². The van der Waals surface area contributed by atoms with Gasteiger partial charge in [-0.25, -0.2) is 18.2 Å². The number of halogens is 7. The number of rotatable bonds is 5. The Morgan fingerprint density at radius 2 is 1.85 bits per heavy atom. The number of carbonyl (C=O) groups is 1. The molecular weight excluding hydrogens is 490 g/mol. The molecule has 184 valence electrons. The average Bonchev–Trinajstić information content (AvgIpc) is 3.38. The molecule has 14 heteroatoms. The zero-order valence-electron chi connectivity index (χ0n) is 17.4. The average molecular weight is 509 g/mol. The molecule has 7 nitrogen and oxygen atoms in total. The first kappa shape index (κ1) is 25.6. The van der Waals surface area contributed by atoms with E-state index in [1.807, 2.05) is 0 Å². The lowest BCUT2D eigenvalue weighted by atomic mass is 10.0. The van der Waals surface area contributed by atoms with Gasteiger partial charge in [0.1, 0.15) is 11.5 Å². The van der Waals surface area contributed by atoms with Crippen molar-refractivity contribution in [3.05, 3.63) is 58.9 Å². The number of fused-ring (bicyclic) bond motifs is 1. The van der Waals surface area contributed by atoms with Crippen LogP contribution in [-0.2, 0) is 30.5 Å². The first-order chi connectivity index (χ1) is 15.5. The molecular formula is C20H19ClF6N6O. The highest BCUT2D eigenvalue weighted by Gasteiger charge is 2.41. The van der Waals surface area contributed by atoms with Crippen LogP contribution < -0.4 is 5.73 Å².